The number of rotatable bonds is 10. The second kappa shape index (κ2) is 19.0. The first kappa shape index (κ1) is 46.0. The van der Waals surface area contributed by atoms with E-state index in [0.717, 1.165) is 33.8 Å². The topological polar surface area (TPSA) is 246 Å². The number of nitrogens with two attached hydrogens (primary N) is 1. The van der Waals surface area contributed by atoms with Gasteiger partial charge in [-0.2, -0.15) is 0 Å². The van der Waals surface area contributed by atoms with Crippen molar-refractivity contribution in [2.45, 2.75) is 96.1 Å². The number of anilines is 2. The van der Waals surface area contributed by atoms with Crippen LogP contribution in [0.5, 0.6) is 11.5 Å². The van der Waals surface area contributed by atoms with Gasteiger partial charge in [-0.25, -0.2) is 24.6 Å². The largest absolute Gasteiger partial charge is 0.508 e. The summed E-state index contributed by atoms with van der Waals surface area (Å²) in [7, 11) is 0. The van der Waals surface area contributed by atoms with Crippen molar-refractivity contribution in [3.05, 3.63) is 93.7 Å². The molecule has 0 spiro atoms. The van der Waals surface area contributed by atoms with Crippen molar-refractivity contribution in [3.8, 4) is 22.9 Å². The summed E-state index contributed by atoms with van der Waals surface area (Å²) in [5.74, 6) is 0.618. The number of benzene rings is 2. The van der Waals surface area contributed by atoms with Crippen molar-refractivity contribution in [2.75, 3.05) is 69.7 Å². The highest BCUT2D eigenvalue weighted by atomic mass is 16.5. The van der Waals surface area contributed by atoms with Gasteiger partial charge in [-0.15, -0.1) is 5.10 Å². The zero-order valence-electron chi connectivity index (χ0n) is 39.1. The Morgan fingerprint density at radius 2 is 1.58 bits per heavy atom. The van der Waals surface area contributed by atoms with E-state index in [1.165, 1.54) is 6.07 Å². The molecule has 0 saturated carbocycles. The normalized spacial score (nSPS) is 18.7. The van der Waals surface area contributed by atoms with Crippen molar-refractivity contribution in [1.82, 2.24) is 54.5 Å². The fourth-order valence-corrected chi connectivity index (χ4v) is 10.3. The maximum Gasteiger partial charge on any atom is 0.276 e. The molecule has 5 aliphatic rings. The molecule has 10 rings (SSSR count). The molecule has 0 atom stereocenters. The Balaban J connectivity index is 0.696. The Hall–Kier alpha value is -6.77. The predicted octanol–water partition coefficient (Wildman–Crippen LogP) is 3.41. The first-order valence-electron chi connectivity index (χ1n) is 24.0. The number of piperidine rings is 2. The second-order valence-electron chi connectivity index (χ2n) is 19.4. The van der Waals surface area contributed by atoms with Gasteiger partial charge in [-0.3, -0.25) is 19.3 Å². The average Bonchev–Trinajstić information content (AvgIpc) is 4.03. The third kappa shape index (κ3) is 9.65. The van der Waals surface area contributed by atoms with Crippen molar-refractivity contribution >= 4 is 29.5 Å². The minimum Gasteiger partial charge on any atom is -0.508 e. The monoisotopic (exact) mass is 941 g/mol. The molecule has 3 fully saturated rings. The molecule has 69 heavy (non-hydrogen) atoms. The van der Waals surface area contributed by atoms with Crippen molar-refractivity contribution in [2.24, 2.45) is 0 Å². The molecule has 0 aliphatic carbocycles. The molecule has 362 valence electrons. The van der Waals surface area contributed by atoms with Crippen LogP contribution >= 0.6 is 0 Å². The highest BCUT2D eigenvalue weighted by Gasteiger charge is 2.38. The standard InChI is InChI=1S/C49H59N13O7/c1-30(2)37-20-38(42(64)21-41(37)63)46(66)61-26-32-4-3-31(19-33(32)27-61)25-57-13-8-49(68,9-14-57)22-43(65)58-10-5-35(6-11-58)62-29-40(55-56-62)47(67)60-12-7-36-39(28-60)53-44(34-23-51-48(50)52-24-34)54-45(36)59-15-17-69-18-16-59/h3-4,19-21,23-24,29-30,35,63-64,68H,5-18,22,25-28H2,1-2H3,(H2,50,51,52). The van der Waals surface area contributed by atoms with Crippen molar-refractivity contribution in [3.63, 3.8) is 0 Å². The summed E-state index contributed by atoms with van der Waals surface area (Å²) in [6, 6.07) is 9.07. The van der Waals surface area contributed by atoms with E-state index in [0.29, 0.717) is 128 Å². The molecule has 3 amide bonds. The number of nitrogen functional groups attached to an aromatic ring is 1. The van der Waals surface area contributed by atoms with Crippen LogP contribution in [0.3, 0.4) is 0 Å². The van der Waals surface area contributed by atoms with Crippen LogP contribution in [-0.2, 0) is 42.1 Å². The molecule has 20 nitrogen and oxygen atoms in total. The third-order valence-corrected chi connectivity index (χ3v) is 14.4. The molecule has 2 aromatic carbocycles. The summed E-state index contributed by atoms with van der Waals surface area (Å²) < 4.78 is 7.35. The summed E-state index contributed by atoms with van der Waals surface area (Å²) in [4.78, 5) is 68.9. The molecule has 8 heterocycles. The number of phenolic OH excluding ortho intramolecular Hbond substituents is 2. The number of morpholine rings is 1. The number of hydrogen-bond donors (Lipinski definition) is 4. The average molecular weight is 942 g/mol. The maximum absolute atomic E-state index is 13.9. The Kier molecular flexibility index (Phi) is 12.6. The van der Waals surface area contributed by atoms with Crippen LogP contribution < -0.4 is 10.6 Å². The van der Waals surface area contributed by atoms with Crippen LogP contribution in [0.1, 0.15) is 112 Å². The number of likely N-dealkylation sites (tertiary alicyclic amines) is 2. The molecule has 5 aromatic rings. The number of fused-ring (bicyclic) bond motifs is 2. The minimum atomic E-state index is -1.09. The van der Waals surface area contributed by atoms with Gasteiger partial charge in [0.05, 0.1) is 60.8 Å². The van der Waals surface area contributed by atoms with E-state index >= 15 is 0 Å². The molecular weight excluding hydrogens is 883 g/mol. The van der Waals surface area contributed by atoms with Crippen LogP contribution in [0.15, 0.2) is 48.9 Å². The maximum atomic E-state index is 13.9. The number of hydrogen-bond acceptors (Lipinski definition) is 16. The second-order valence-corrected chi connectivity index (χ2v) is 19.4. The summed E-state index contributed by atoms with van der Waals surface area (Å²) in [6.45, 7) is 11.1. The Morgan fingerprint density at radius 1 is 0.841 bits per heavy atom. The lowest BCUT2D eigenvalue weighted by atomic mass is 9.87. The van der Waals surface area contributed by atoms with Crippen LogP contribution in [0, 0.1) is 0 Å². The fraction of sp³-hybridized carbons (Fsp3) is 0.490. The predicted molar refractivity (Wildman–Crippen MR) is 252 cm³/mol. The summed E-state index contributed by atoms with van der Waals surface area (Å²) >= 11 is 0. The lowest BCUT2D eigenvalue weighted by Crippen LogP contribution is -2.48. The number of phenols is 2. The van der Waals surface area contributed by atoms with E-state index in [9.17, 15) is 29.7 Å². The number of ether oxygens (including phenoxy) is 1. The van der Waals surface area contributed by atoms with E-state index in [4.69, 9.17) is 20.4 Å². The number of nitrogens with zero attached hydrogens (tertiary/aromatic N) is 12. The van der Waals surface area contributed by atoms with Gasteiger partial charge in [0, 0.05) is 89.5 Å². The smallest absolute Gasteiger partial charge is 0.276 e. The van der Waals surface area contributed by atoms with Gasteiger partial charge in [0.2, 0.25) is 11.9 Å². The van der Waals surface area contributed by atoms with Crippen LogP contribution in [0.25, 0.3) is 11.4 Å². The third-order valence-electron chi connectivity index (χ3n) is 14.4. The molecule has 0 radical (unpaired) electrons. The number of aromatic nitrogens is 7. The van der Waals surface area contributed by atoms with E-state index in [1.807, 2.05) is 18.7 Å². The highest BCUT2D eigenvalue weighted by molar-refractivity contribution is 5.97. The zero-order valence-corrected chi connectivity index (χ0v) is 39.1. The van der Waals surface area contributed by atoms with Gasteiger partial charge in [0.15, 0.2) is 11.5 Å². The Morgan fingerprint density at radius 3 is 2.32 bits per heavy atom. The number of aromatic hydroxyl groups is 2. The molecule has 3 saturated heterocycles. The lowest BCUT2D eigenvalue weighted by molar-refractivity contribution is -0.140. The van der Waals surface area contributed by atoms with Crippen molar-refractivity contribution < 1.29 is 34.4 Å². The van der Waals surface area contributed by atoms with Gasteiger partial charge >= 0.3 is 0 Å². The Labute approximate surface area is 399 Å². The van der Waals surface area contributed by atoms with Gasteiger partial charge in [0.25, 0.3) is 11.8 Å². The summed E-state index contributed by atoms with van der Waals surface area (Å²) in [5, 5.41) is 41.1. The van der Waals surface area contributed by atoms with Crippen molar-refractivity contribution in [1.29, 1.82) is 0 Å². The highest BCUT2D eigenvalue weighted by Crippen LogP contribution is 2.36. The van der Waals surface area contributed by atoms with Gasteiger partial charge in [-0.05, 0) is 66.3 Å². The zero-order chi connectivity index (χ0) is 48.0. The summed E-state index contributed by atoms with van der Waals surface area (Å²) in [6.07, 6.45) is 7.82. The van der Waals surface area contributed by atoms with Crippen LogP contribution in [0.4, 0.5) is 11.8 Å². The first-order chi connectivity index (χ1) is 33.3. The molecule has 20 heteroatoms. The number of amides is 3. The quantitative estimate of drug-likeness (QED) is 0.157. The molecule has 0 bridgehead atoms. The van der Waals surface area contributed by atoms with Gasteiger partial charge in [0.1, 0.15) is 17.3 Å². The lowest BCUT2D eigenvalue weighted by Gasteiger charge is -2.40. The van der Waals surface area contributed by atoms with E-state index in [1.54, 1.807) is 39.1 Å². The number of carbonyl (C=O) groups excluding carboxylic acids is 3. The first-order valence-corrected chi connectivity index (χ1v) is 24.0. The minimum absolute atomic E-state index is 0.0106. The fourth-order valence-electron chi connectivity index (χ4n) is 10.3. The molecule has 3 aromatic heterocycles. The molecule has 5 aliphatic heterocycles. The molecule has 0 unspecified atom stereocenters. The van der Waals surface area contributed by atoms with Gasteiger partial charge in [-0.1, -0.05) is 37.3 Å². The van der Waals surface area contributed by atoms with Crippen LogP contribution in [-0.4, -0.2) is 152 Å². The number of carbonyl (C=O) groups is 3. The molecule has 5 N–H and O–H groups in total. The SMILES string of the molecule is CC(C)c1cc(C(=O)N2Cc3ccc(CN4CCC(O)(CC(=O)N5CCC(n6cc(C(=O)N7CCc8c(nc(-c9cnc(N)nc9)nc8N8CCOCC8)C7)nn6)CC5)CC4)cc3C2)c(O)cc1O. The van der Waals surface area contributed by atoms with Gasteiger partial charge < -0.3 is 45.4 Å². The van der Waals surface area contributed by atoms with E-state index < -0.39 is 5.60 Å². The number of aliphatic hydroxyl groups is 1. The van der Waals surface area contributed by atoms with E-state index in [-0.39, 0.29) is 71.4 Å². The van der Waals surface area contributed by atoms with E-state index in [2.05, 4.69) is 48.3 Å². The molecular formula is C49H59N13O7. The summed E-state index contributed by atoms with van der Waals surface area (Å²) in [5.41, 5.74) is 11.3. The Bertz CT molecular complexity index is 2740. The van der Waals surface area contributed by atoms with Crippen LogP contribution in [0.2, 0.25) is 0 Å².